The number of primary amides is 1. The number of rotatable bonds is 8. The van der Waals surface area contributed by atoms with Gasteiger partial charge in [-0.1, -0.05) is 19.1 Å². The summed E-state index contributed by atoms with van der Waals surface area (Å²) in [6.07, 6.45) is 3.68. The van der Waals surface area contributed by atoms with Gasteiger partial charge < -0.3 is 11.1 Å². The second-order valence-electron chi connectivity index (χ2n) is 6.68. The van der Waals surface area contributed by atoms with Crippen molar-refractivity contribution in [1.29, 1.82) is 0 Å². The zero-order chi connectivity index (χ0) is 21.7. The fraction of sp³-hybridized carbons (Fsp3) is 0.190. The van der Waals surface area contributed by atoms with Crippen molar-refractivity contribution in [1.82, 2.24) is 9.29 Å². The van der Waals surface area contributed by atoms with Crippen molar-refractivity contribution in [3.8, 4) is 0 Å². The maximum absolute atomic E-state index is 13.3. The van der Waals surface area contributed by atoms with Crippen LogP contribution >= 0.6 is 0 Å². The fourth-order valence-electron chi connectivity index (χ4n) is 3.07. The van der Waals surface area contributed by atoms with Gasteiger partial charge in [-0.15, -0.1) is 0 Å². The van der Waals surface area contributed by atoms with Crippen LogP contribution in [0.15, 0.2) is 65.8 Å². The average Bonchev–Trinajstić information content (AvgIpc) is 2.73. The molecule has 0 aliphatic heterocycles. The number of sulfonamides is 1. The second kappa shape index (κ2) is 9.02. The molecule has 0 saturated carbocycles. The lowest BCUT2D eigenvalue weighted by Crippen LogP contribution is -2.38. The van der Waals surface area contributed by atoms with E-state index in [1.807, 2.05) is 6.92 Å². The molecule has 0 aliphatic rings. The van der Waals surface area contributed by atoms with Crippen LogP contribution in [0.5, 0.6) is 0 Å². The standard InChI is InChI=1S/C21H22N4O4S/c1-2-12-25(14-20(26)24-17-8-6-15(7-9-17)21(22)27)30(28,29)19-5-3-4-16-13-23-11-10-18(16)19/h3-11,13H,2,12,14H2,1H3,(H2,22,27)(H,24,26). The number of carbonyl (C=O) groups excluding carboxylic acids is 2. The first-order valence-corrected chi connectivity index (χ1v) is 10.8. The number of aromatic nitrogens is 1. The molecule has 0 saturated heterocycles. The molecule has 0 aliphatic carbocycles. The highest BCUT2D eigenvalue weighted by Gasteiger charge is 2.27. The molecule has 1 aromatic heterocycles. The molecule has 2 amide bonds. The van der Waals surface area contributed by atoms with E-state index in [0.29, 0.717) is 28.4 Å². The van der Waals surface area contributed by atoms with Crippen molar-refractivity contribution in [3.05, 3.63) is 66.5 Å². The average molecular weight is 426 g/mol. The lowest BCUT2D eigenvalue weighted by molar-refractivity contribution is -0.116. The van der Waals surface area contributed by atoms with E-state index in [1.165, 1.54) is 36.5 Å². The maximum atomic E-state index is 13.3. The molecule has 0 fully saturated rings. The van der Waals surface area contributed by atoms with Gasteiger partial charge in [0.05, 0.1) is 11.4 Å². The summed E-state index contributed by atoms with van der Waals surface area (Å²) in [5.41, 5.74) is 5.96. The summed E-state index contributed by atoms with van der Waals surface area (Å²) in [5, 5.41) is 3.91. The first kappa shape index (κ1) is 21.4. The third-order valence-corrected chi connectivity index (χ3v) is 6.41. The van der Waals surface area contributed by atoms with Crippen molar-refractivity contribution >= 4 is 38.3 Å². The molecule has 3 rings (SSSR count). The highest BCUT2D eigenvalue weighted by Crippen LogP contribution is 2.25. The van der Waals surface area contributed by atoms with E-state index < -0.39 is 21.8 Å². The topological polar surface area (TPSA) is 122 Å². The summed E-state index contributed by atoms with van der Waals surface area (Å²) in [5.74, 6) is -1.06. The number of fused-ring (bicyclic) bond motifs is 1. The molecule has 3 aromatic rings. The second-order valence-corrected chi connectivity index (χ2v) is 8.59. The van der Waals surface area contributed by atoms with Gasteiger partial charge in [-0.25, -0.2) is 8.42 Å². The predicted octanol–water partition coefficient (Wildman–Crippen LogP) is 2.37. The Hall–Kier alpha value is -3.30. The predicted molar refractivity (Wildman–Crippen MR) is 114 cm³/mol. The summed E-state index contributed by atoms with van der Waals surface area (Å²) in [6, 6.07) is 12.7. The molecular weight excluding hydrogens is 404 g/mol. The maximum Gasteiger partial charge on any atom is 0.248 e. The molecule has 2 aromatic carbocycles. The molecule has 3 N–H and O–H groups in total. The summed E-state index contributed by atoms with van der Waals surface area (Å²) >= 11 is 0. The number of carbonyl (C=O) groups is 2. The molecular formula is C21H22N4O4S. The van der Waals surface area contributed by atoms with Gasteiger partial charge in [-0.3, -0.25) is 14.6 Å². The quantitative estimate of drug-likeness (QED) is 0.572. The number of nitrogens with two attached hydrogens (primary N) is 1. The molecule has 8 nitrogen and oxygen atoms in total. The van der Waals surface area contributed by atoms with Gasteiger partial charge in [0.1, 0.15) is 0 Å². The van der Waals surface area contributed by atoms with Crippen LogP contribution in [0.25, 0.3) is 10.8 Å². The lowest BCUT2D eigenvalue weighted by atomic mass is 10.2. The van der Waals surface area contributed by atoms with Gasteiger partial charge in [0.25, 0.3) is 0 Å². The van der Waals surface area contributed by atoms with Gasteiger partial charge in [0.15, 0.2) is 0 Å². The van der Waals surface area contributed by atoms with Crippen LogP contribution < -0.4 is 11.1 Å². The molecule has 0 radical (unpaired) electrons. The Morgan fingerprint density at radius 1 is 1.10 bits per heavy atom. The van der Waals surface area contributed by atoms with Gasteiger partial charge in [-0.05, 0) is 42.8 Å². The van der Waals surface area contributed by atoms with E-state index in [2.05, 4.69) is 10.3 Å². The summed E-state index contributed by atoms with van der Waals surface area (Å²) in [6.45, 7) is 1.70. The number of anilines is 1. The molecule has 0 atom stereocenters. The van der Waals surface area contributed by atoms with Crippen LogP contribution in [0.2, 0.25) is 0 Å². The first-order valence-electron chi connectivity index (χ1n) is 9.35. The summed E-state index contributed by atoms with van der Waals surface area (Å²) in [4.78, 5) is 27.8. The van der Waals surface area contributed by atoms with Crippen LogP contribution in [0.1, 0.15) is 23.7 Å². The third-order valence-electron chi connectivity index (χ3n) is 4.50. The number of amides is 2. The summed E-state index contributed by atoms with van der Waals surface area (Å²) in [7, 11) is -3.91. The van der Waals surface area contributed by atoms with Gasteiger partial charge >= 0.3 is 0 Å². The Bertz CT molecular complexity index is 1170. The molecule has 30 heavy (non-hydrogen) atoms. The largest absolute Gasteiger partial charge is 0.366 e. The smallest absolute Gasteiger partial charge is 0.248 e. The monoisotopic (exact) mass is 426 g/mol. The van der Waals surface area contributed by atoms with Gasteiger partial charge in [0.2, 0.25) is 21.8 Å². The number of benzene rings is 2. The minimum atomic E-state index is -3.91. The van der Waals surface area contributed by atoms with Gasteiger partial charge in [0, 0.05) is 41.0 Å². The Morgan fingerprint density at radius 2 is 1.83 bits per heavy atom. The van der Waals surface area contributed by atoms with Gasteiger partial charge in [-0.2, -0.15) is 4.31 Å². The van der Waals surface area contributed by atoms with E-state index >= 15 is 0 Å². The van der Waals surface area contributed by atoms with Crippen LogP contribution in [0.4, 0.5) is 5.69 Å². The minimum absolute atomic E-state index is 0.134. The zero-order valence-corrected chi connectivity index (χ0v) is 17.2. The minimum Gasteiger partial charge on any atom is -0.366 e. The van der Waals surface area contributed by atoms with Crippen molar-refractivity contribution in [2.24, 2.45) is 5.73 Å². The van der Waals surface area contributed by atoms with Crippen LogP contribution in [-0.2, 0) is 14.8 Å². The lowest BCUT2D eigenvalue weighted by Gasteiger charge is -2.22. The van der Waals surface area contributed by atoms with E-state index in [4.69, 9.17) is 5.73 Å². The van der Waals surface area contributed by atoms with E-state index in [1.54, 1.807) is 24.4 Å². The van der Waals surface area contributed by atoms with E-state index in [-0.39, 0.29) is 18.0 Å². The third kappa shape index (κ3) is 4.64. The Labute approximate surface area is 174 Å². The molecule has 0 spiro atoms. The fourth-order valence-corrected chi connectivity index (χ4v) is 4.77. The van der Waals surface area contributed by atoms with Crippen molar-refractivity contribution < 1.29 is 18.0 Å². The normalized spacial score (nSPS) is 11.5. The molecule has 1 heterocycles. The highest BCUT2D eigenvalue weighted by atomic mass is 32.2. The molecule has 0 unspecified atom stereocenters. The van der Waals surface area contributed by atoms with Crippen molar-refractivity contribution in [3.63, 3.8) is 0 Å². The van der Waals surface area contributed by atoms with Crippen molar-refractivity contribution in [2.75, 3.05) is 18.4 Å². The molecule has 0 bridgehead atoms. The SMILES string of the molecule is CCCN(CC(=O)Nc1ccc(C(N)=O)cc1)S(=O)(=O)c1cccc2cnccc12. The van der Waals surface area contributed by atoms with Crippen LogP contribution in [-0.4, -0.2) is 42.6 Å². The van der Waals surface area contributed by atoms with Crippen LogP contribution in [0, 0.1) is 0 Å². The van der Waals surface area contributed by atoms with E-state index in [0.717, 1.165) is 4.31 Å². The van der Waals surface area contributed by atoms with Crippen LogP contribution in [0.3, 0.4) is 0 Å². The summed E-state index contributed by atoms with van der Waals surface area (Å²) < 4.78 is 27.8. The number of nitrogens with one attached hydrogen (secondary N) is 1. The number of hydrogen-bond acceptors (Lipinski definition) is 5. The first-order chi connectivity index (χ1) is 14.3. The highest BCUT2D eigenvalue weighted by molar-refractivity contribution is 7.89. The molecule has 156 valence electrons. The molecule has 9 heteroatoms. The number of nitrogens with zero attached hydrogens (tertiary/aromatic N) is 2. The number of hydrogen-bond donors (Lipinski definition) is 2. The van der Waals surface area contributed by atoms with E-state index in [9.17, 15) is 18.0 Å². The number of pyridine rings is 1. The zero-order valence-electron chi connectivity index (χ0n) is 16.4. The Balaban J connectivity index is 1.83. The van der Waals surface area contributed by atoms with Crippen molar-refractivity contribution in [2.45, 2.75) is 18.2 Å². The Morgan fingerprint density at radius 3 is 2.50 bits per heavy atom. The Kier molecular flexibility index (Phi) is 6.43.